The fraction of sp³-hybridized carbons (Fsp3) is 0.556. The lowest BCUT2D eigenvalue weighted by Crippen LogP contribution is -2.40. The van der Waals surface area contributed by atoms with Crippen LogP contribution in [-0.4, -0.2) is 48.2 Å². The quantitative estimate of drug-likeness (QED) is 0.741. The molecule has 0 bridgehead atoms. The van der Waals surface area contributed by atoms with Crippen LogP contribution in [0.1, 0.15) is 41.9 Å². The summed E-state index contributed by atoms with van der Waals surface area (Å²) in [4.78, 5) is 36.5. The average Bonchev–Trinajstić information content (AvgIpc) is 2.99. The lowest BCUT2D eigenvalue weighted by Gasteiger charge is -2.32. The van der Waals surface area contributed by atoms with Crippen molar-refractivity contribution < 1.29 is 19.1 Å². The Morgan fingerprint density at radius 1 is 1.27 bits per heavy atom. The Morgan fingerprint density at radius 3 is 2.77 bits per heavy atom. The van der Waals surface area contributed by atoms with Gasteiger partial charge in [-0.05, 0) is 39.2 Å². The highest BCUT2D eigenvalue weighted by atomic mass is 32.1. The number of hydrogen-bond acceptors (Lipinski definition) is 8. The standard InChI is InChI=1S/C18H23N3O4S/c1-4-24-17(22)12-7-6-8-21(9-12)15-13-11(3)14(18(23)25-5-2)26-16(13)20-10-19-15/h10,12H,4-9H2,1-3H3/t12-/m1/s1. The molecule has 26 heavy (non-hydrogen) atoms. The summed E-state index contributed by atoms with van der Waals surface area (Å²) in [6.45, 7) is 7.59. The van der Waals surface area contributed by atoms with E-state index in [4.69, 9.17) is 9.47 Å². The number of anilines is 1. The third kappa shape index (κ3) is 3.51. The molecule has 3 heterocycles. The number of carbonyl (C=O) groups is 2. The summed E-state index contributed by atoms with van der Waals surface area (Å²) < 4.78 is 10.3. The van der Waals surface area contributed by atoms with E-state index in [1.54, 1.807) is 6.92 Å². The van der Waals surface area contributed by atoms with E-state index in [9.17, 15) is 9.59 Å². The molecular weight excluding hydrogens is 354 g/mol. The number of nitrogens with zero attached hydrogens (tertiary/aromatic N) is 3. The second-order valence-corrected chi connectivity index (χ2v) is 7.19. The van der Waals surface area contributed by atoms with Gasteiger partial charge in [-0.25, -0.2) is 14.8 Å². The third-order valence-electron chi connectivity index (χ3n) is 4.51. The number of carbonyl (C=O) groups excluding carboxylic acids is 2. The summed E-state index contributed by atoms with van der Waals surface area (Å²) in [6, 6.07) is 0. The van der Waals surface area contributed by atoms with Crippen molar-refractivity contribution in [3.05, 3.63) is 16.8 Å². The molecule has 0 N–H and O–H groups in total. The molecule has 1 atom stereocenters. The van der Waals surface area contributed by atoms with E-state index in [2.05, 4.69) is 14.9 Å². The van der Waals surface area contributed by atoms with Crippen LogP contribution < -0.4 is 4.90 Å². The van der Waals surface area contributed by atoms with Crippen molar-refractivity contribution in [2.45, 2.75) is 33.6 Å². The van der Waals surface area contributed by atoms with Crippen molar-refractivity contribution in [3.63, 3.8) is 0 Å². The molecule has 8 heteroatoms. The van der Waals surface area contributed by atoms with Gasteiger partial charge in [-0.3, -0.25) is 4.79 Å². The van der Waals surface area contributed by atoms with Crippen LogP contribution in [0.3, 0.4) is 0 Å². The number of hydrogen-bond donors (Lipinski definition) is 0. The minimum absolute atomic E-state index is 0.155. The highest BCUT2D eigenvalue weighted by molar-refractivity contribution is 7.20. The van der Waals surface area contributed by atoms with Crippen LogP contribution in [0.2, 0.25) is 0 Å². The number of aromatic nitrogens is 2. The molecule has 2 aromatic rings. The van der Waals surface area contributed by atoms with Gasteiger partial charge < -0.3 is 14.4 Å². The van der Waals surface area contributed by atoms with Gasteiger partial charge in [0.05, 0.1) is 24.5 Å². The van der Waals surface area contributed by atoms with E-state index >= 15 is 0 Å². The highest BCUT2D eigenvalue weighted by Gasteiger charge is 2.30. The predicted octanol–water partition coefficient (Wildman–Crippen LogP) is 2.96. The molecule has 0 amide bonds. The van der Waals surface area contributed by atoms with E-state index in [1.165, 1.54) is 17.7 Å². The first-order chi connectivity index (χ1) is 12.6. The maximum absolute atomic E-state index is 12.2. The number of fused-ring (bicyclic) bond motifs is 1. The van der Waals surface area contributed by atoms with E-state index < -0.39 is 0 Å². The lowest BCUT2D eigenvalue weighted by atomic mass is 9.98. The van der Waals surface area contributed by atoms with Crippen molar-refractivity contribution in [2.24, 2.45) is 5.92 Å². The number of esters is 2. The van der Waals surface area contributed by atoms with Gasteiger partial charge in [-0.1, -0.05) is 0 Å². The number of piperidine rings is 1. The van der Waals surface area contributed by atoms with Crippen LogP contribution in [0.25, 0.3) is 10.2 Å². The Labute approximate surface area is 156 Å². The van der Waals surface area contributed by atoms with Crippen molar-refractivity contribution in [3.8, 4) is 0 Å². The SMILES string of the molecule is CCOC(=O)c1sc2ncnc(N3CCC[C@@H](C(=O)OCC)C3)c2c1C. The Morgan fingerprint density at radius 2 is 2.04 bits per heavy atom. The van der Waals surface area contributed by atoms with Crippen LogP contribution in [0.15, 0.2) is 6.33 Å². The Kier molecular flexibility index (Phi) is 5.70. The Balaban J connectivity index is 1.95. The highest BCUT2D eigenvalue weighted by Crippen LogP contribution is 2.36. The van der Waals surface area contributed by atoms with Gasteiger partial charge >= 0.3 is 11.9 Å². The Bertz CT molecular complexity index is 820. The third-order valence-corrected chi connectivity index (χ3v) is 5.69. The van der Waals surface area contributed by atoms with E-state index in [0.717, 1.165) is 41.0 Å². The lowest BCUT2D eigenvalue weighted by molar-refractivity contribution is -0.148. The molecule has 0 saturated carbocycles. The molecule has 0 aromatic carbocycles. The number of aryl methyl sites for hydroxylation is 1. The number of ether oxygens (including phenoxy) is 2. The molecule has 3 rings (SSSR count). The van der Waals surface area contributed by atoms with Gasteiger partial charge in [-0.2, -0.15) is 0 Å². The monoisotopic (exact) mass is 377 g/mol. The van der Waals surface area contributed by atoms with Crippen molar-refractivity contribution in [2.75, 3.05) is 31.2 Å². The minimum atomic E-state index is -0.331. The molecule has 0 spiro atoms. The molecule has 1 aliphatic heterocycles. The molecular formula is C18H23N3O4S. The second-order valence-electron chi connectivity index (χ2n) is 6.19. The molecule has 1 fully saturated rings. The number of thiophene rings is 1. The van der Waals surface area contributed by atoms with Crippen molar-refractivity contribution >= 4 is 39.3 Å². The zero-order valence-electron chi connectivity index (χ0n) is 15.3. The number of rotatable bonds is 5. The molecule has 7 nitrogen and oxygen atoms in total. The molecule has 1 aliphatic rings. The molecule has 1 saturated heterocycles. The smallest absolute Gasteiger partial charge is 0.348 e. The molecule has 0 aliphatic carbocycles. The normalized spacial score (nSPS) is 17.3. The summed E-state index contributed by atoms with van der Waals surface area (Å²) in [5.74, 6) is 0.129. The predicted molar refractivity (Wildman–Crippen MR) is 99.7 cm³/mol. The maximum Gasteiger partial charge on any atom is 0.348 e. The van der Waals surface area contributed by atoms with Crippen LogP contribution in [0.5, 0.6) is 0 Å². The fourth-order valence-electron chi connectivity index (χ4n) is 3.31. The summed E-state index contributed by atoms with van der Waals surface area (Å²) in [5, 5.41) is 0.866. The first kappa shape index (κ1) is 18.6. The van der Waals surface area contributed by atoms with Gasteiger partial charge in [-0.15, -0.1) is 11.3 Å². The van der Waals surface area contributed by atoms with Crippen LogP contribution in [-0.2, 0) is 14.3 Å². The zero-order chi connectivity index (χ0) is 18.7. The van der Waals surface area contributed by atoms with E-state index in [-0.39, 0.29) is 17.9 Å². The van der Waals surface area contributed by atoms with Gasteiger partial charge in [0, 0.05) is 13.1 Å². The topological polar surface area (TPSA) is 81.6 Å². The van der Waals surface area contributed by atoms with Crippen LogP contribution in [0.4, 0.5) is 5.82 Å². The largest absolute Gasteiger partial charge is 0.466 e. The maximum atomic E-state index is 12.2. The molecule has 0 radical (unpaired) electrons. The first-order valence-corrected chi connectivity index (χ1v) is 9.71. The zero-order valence-corrected chi connectivity index (χ0v) is 16.1. The minimum Gasteiger partial charge on any atom is -0.466 e. The second kappa shape index (κ2) is 7.99. The first-order valence-electron chi connectivity index (χ1n) is 8.89. The van der Waals surface area contributed by atoms with Gasteiger partial charge in [0.1, 0.15) is 21.9 Å². The summed E-state index contributed by atoms with van der Waals surface area (Å²) in [6.07, 6.45) is 3.22. The summed E-state index contributed by atoms with van der Waals surface area (Å²) in [7, 11) is 0. The molecule has 140 valence electrons. The molecule has 0 unspecified atom stereocenters. The average molecular weight is 377 g/mol. The van der Waals surface area contributed by atoms with Gasteiger partial charge in [0.2, 0.25) is 0 Å². The summed E-state index contributed by atoms with van der Waals surface area (Å²) in [5.41, 5.74) is 0.831. The Hall–Kier alpha value is -2.22. The van der Waals surface area contributed by atoms with E-state index in [0.29, 0.717) is 24.6 Å². The fourth-order valence-corrected chi connectivity index (χ4v) is 4.34. The van der Waals surface area contributed by atoms with Gasteiger partial charge in [0.15, 0.2) is 0 Å². The van der Waals surface area contributed by atoms with E-state index in [1.807, 2.05) is 13.8 Å². The summed E-state index contributed by atoms with van der Waals surface area (Å²) >= 11 is 1.32. The van der Waals surface area contributed by atoms with Crippen LogP contribution >= 0.6 is 11.3 Å². The van der Waals surface area contributed by atoms with Crippen LogP contribution in [0, 0.1) is 12.8 Å². The van der Waals surface area contributed by atoms with Gasteiger partial charge in [0.25, 0.3) is 0 Å². The van der Waals surface area contributed by atoms with Crippen molar-refractivity contribution in [1.29, 1.82) is 0 Å². The molecule has 2 aromatic heterocycles. The van der Waals surface area contributed by atoms with Crippen molar-refractivity contribution in [1.82, 2.24) is 9.97 Å².